The molecule has 0 aromatic heterocycles. The Balaban J connectivity index is 0.00000289. The van der Waals surface area contributed by atoms with Gasteiger partial charge in [0.1, 0.15) is 0 Å². The summed E-state index contributed by atoms with van der Waals surface area (Å²) in [7, 11) is 4.20. The van der Waals surface area contributed by atoms with Crippen LogP contribution in [0.3, 0.4) is 0 Å². The van der Waals surface area contributed by atoms with Crippen LogP contribution >= 0.6 is 12.4 Å². The SMILES string of the molecule is CN(C)C1(CNC(=O)C(C)(C)N)CCCCC1.Cl. The van der Waals surface area contributed by atoms with E-state index in [1.54, 1.807) is 13.8 Å². The van der Waals surface area contributed by atoms with E-state index >= 15 is 0 Å². The Morgan fingerprint density at radius 2 is 1.78 bits per heavy atom. The van der Waals surface area contributed by atoms with E-state index in [4.69, 9.17) is 5.73 Å². The van der Waals surface area contributed by atoms with Crippen molar-refractivity contribution in [2.24, 2.45) is 5.73 Å². The Morgan fingerprint density at radius 3 is 2.17 bits per heavy atom. The van der Waals surface area contributed by atoms with Crippen molar-refractivity contribution >= 4 is 18.3 Å². The third-order valence-corrected chi connectivity index (χ3v) is 3.90. The summed E-state index contributed by atoms with van der Waals surface area (Å²) in [6, 6.07) is 0. The van der Waals surface area contributed by atoms with Crippen LogP contribution in [0.4, 0.5) is 0 Å². The summed E-state index contributed by atoms with van der Waals surface area (Å²) in [5, 5.41) is 3.01. The average Bonchev–Trinajstić information content (AvgIpc) is 2.25. The van der Waals surface area contributed by atoms with Crippen molar-refractivity contribution in [1.29, 1.82) is 0 Å². The van der Waals surface area contributed by atoms with Crippen LogP contribution in [0.15, 0.2) is 0 Å². The quantitative estimate of drug-likeness (QED) is 0.819. The smallest absolute Gasteiger partial charge is 0.239 e. The van der Waals surface area contributed by atoms with Gasteiger partial charge in [0.15, 0.2) is 0 Å². The Bertz CT molecular complexity index is 268. The van der Waals surface area contributed by atoms with Gasteiger partial charge in [0.05, 0.1) is 5.54 Å². The lowest BCUT2D eigenvalue weighted by Gasteiger charge is -2.43. The summed E-state index contributed by atoms with van der Waals surface area (Å²) in [6.07, 6.45) is 6.13. The van der Waals surface area contributed by atoms with Gasteiger partial charge < -0.3 is 16.0 Å². The lowest BCUT2D eigenvalue weighted by molar-refractivity contribution is -0.126. The van der Waals surface area contributed by atoms with Gasteiger partial charge in [0.25, 0.3) is 0 Å². The molecule has 3 N–H and O–H groups in total. The Kier molecular flexibility index (Phi) is 6.61. The molecule has 18 heavy (non-hydrogen) atoms. The number of carbonyl (C=O) groups excluding carboxylic acids is 1. The highest BCUT2D eigenvalue weighted by atomic mass is 35.5. The Labute approximate surface area is 117 Å². The number of halogens is 1. The van der Waals surface area contributed by atoms with Crippen LogP contribution in [0.5, 0.6) is 0 Å². The number of carbonyl (C=O) groups is 1. The number of amides is 1. The van der Waals surface area contributed by atoms with E-state index in [0.29, 0.717) is 6.54 Å². The second-order valence-corrected chi connectivity index (χ2v) is 6.08. The van der Waals surface area contributed by atoms with E-state index in [-0.39, 0.29) is 23.9 Å². The molecule has 4 nitrogen and oxygen atoms in total. The molecule has 1 rings (SSSR count). The number of nitrogens with one attached hydrogen (secondary N) is 1. The van der Waals surface area contributed by atoms with Gasteiger partial charge >= 0.3 is 0 Å². The third-order valence-electron chi connectivity index (χ3n) is 3.90. The molecule has 0 aliphatic heterocycles. The van der Waals surface area contributed by atoms with E-state index in [9.17, 15) is 4.79 Å². The van der Waals surface area contributed by atoms with Crippen molar-refractivity contribution in [3.05, 3.63) is 0 Å². The summed E-state index contributed by atoms with van der Waals surface area (Å²) in [5.74, 6) is -0.0655. The molecule has 1 aliphatic rings. The molecular formula is C13H28ClN3O. The minimum atomic E-state index is -0.790. The fourth-order valence-electron chi connectivity index (χ4n) is 2.46. The van der Waals surface area contributed by atoms with Crippen LogP contribution in [-0.4, -0.2) is 42.5 Å². The van der Waals surface area contributed by atoms with E-state index in [1.165, 1.54) is 19.3 Å². The highest BCUT2D eigenvalue weighted by Crippen LogP contribution is 2.31. The number of nitrogens with zero attached hydrogens (tertiary/aromatic N) is 1. The topological polar surface area (TPSA) is 58.4 Å². The van der Waals surface area contributed by atoms with Crippen molar-refractivity contribution in [3.8, 4) is 0 Å². The number of likely N-dealkylation sites (N-methyl/N-ethyl adjacent to an activating group) is 1. The van der Waals surface area contributed by atoms with Gasteiger partial charge in [-0.15, -0.1) is 12.4 Å². The minimum absolute atomic E-state index is 0. The summed E-state index contributed by atoms with van der Waals surface area (Å²) in [4.78, 5) is 14.1. The number of nitrogens with two attached hydrogens (primary N) is 1. The fourth-order valence-corrected chi connectivity index (χ4v) is 2.46. The maximum Gasteiger partial charge on any atom is 0.239 e. The van der Waals surface area contributed by atoms with Crippen molar-refractivity contribution in [2.45, 2.75) is 57.0 Å². The molecule has 0 spiro atoms. The van der Waals surface area contributed by atoms with E-state index in [1.807, 2.05) is 0 Å². The maximum absolute atomic E-state index is 11.8. The van der Waals surface area contributed by atoms with Gasteiger partial charge in [-0.1, -0.05) is 19.3 Å². The summed E-state index contributed by atoms with van der Waals surface area (Å²) in [5.41, 5.74) is 5.12. The average molecular weight is 278 g/mol. The Morgan fingerprint density at radius 1 is 1.28 bits per heavy atom. The third kappa shape index (κ3) is 4.41. The van der Waals surface area contributed by atoms with Crippen LogP contribution in [-0.2, 0) is 4.79 Å². The minimum Gasteiger partial charge on any atom is -0.353 e. The zero-order valence-corrected chi connectivity index (χ0v) is 12.9. The van der Waals surface area contributed by atoms with Crippen LogP contribution in [0.1, 0.15) is 46.0 Å². The first kappa shape index (κ1) is 17.7. The molecule has 0 bridgehead atoms. The zero-order chi connectivity index (χ0) is 13.1. The molecule has 5 heteroatoms. The van der Waals surface area contributed by atoms with Crippen LogP contribution in [0.2, 0.25) is 0 Å². The van der Waals surface area contributed by atoms with Crippen LogP contribution < -0.4 is 11.1 Å². The van der Waals surface area contributed by atoms with Crippen molar-refractivity contribution < 1.29 is 4.79 Å². The van der Waals surface area contributed by atoms with E-state index in [0.717, 1.165) is 12.8 Å². The second kappa shape index (κ2) is 6.73. The largest absolute Gasteiger partial charge is 0.353 e. The predicted octanol–water partition coefficient (Wildman–Crippen LogP) is 1.53. The first-order valence-corrected chi connectivity index (χ1v) is 6.53. The van der Waals surface area contributed by atoms with Crippen LogP contribution in [0.25, 0.3) is 0 Å². The lowest BCUT2D eigenvalue weighted by Crippen LogP contribution is -2.57. The summed E-state index contributed by atoms with van der Waals surface area (Å²) in [6.45, 7) is 4.19. The molecule has 0 aromatic rings. The lowest BCUT2D eigenvalue weighted by atomic mass is 9.80. The number of rotatable bonds is 4. The van der Waals surface area contributed by atoms with Gasteiger partial charge in [-0.3, -0.25) is 4.79 Å². The molecule has 0 heterocycles. The highest BCUT2D eigenvalue weighted by Gasteiger charge is 2.35. The second-order valence-electron chi connectivity index (χ2n) is 6.08. The van der Waals surface area contributed by atoms with Gasteiger partial charge in [-0.2, -0.15) is 0 Å². The molecule has 1 saturated carbocycles. The van der Waals surface area contributed by atoms with E-state index < -0.39 is 5.54 Å². The van der Waals surface area contributed by atoms with E-state index in [2.05, 4.69) is 24.3 Å². The number of hydrogen-bond donors (Lipinski definition) is 2. The zero-order valence-electron chi connectivity index (χ0n) is 12.1. The monoisotopic (exact) mass is 277 g/mol. The maximum atomic E-state index is 11.8. The molecule has 1 amide bonds. The molecule has 108 valence electrons. The summed E-state index contributed by atoms with van der Waals surface area (Å²) < 4.78 is 0. The fraction of sp³-hybridized carbons (Fsp3) is 0.923. The predicted molar refractivity (Wildman–Crippen MR) is 78.0 cm³/mol. The summed E-state index contributed by atoms with van der Waals surface area (Å²) >= 11 is 0. The molecule has 1 fully saturated rings. The normalized spacial score (nSPS) is 19.2. The molecular weight excluding hydrogens is 250 g/mol. The van der Waals surface area contributed by atoms with Crippen molar-refractivity contribution in [1.82, 2.24) is 10.2 Å². The highest BCUT2D eigenvalue weighted by molar-refractivity contribution is 5.85. The van der Waals surface area contributed by atoms with Crippen molar-refractivity contribution in [3.63, 3.8) is 0 Å². The van der Waals surface area contributed by atoms with Gasteiger partial charge in [-0.25, -0.2) is 0 Å². The number of hydrogen-bond acceptors (Lipinski definition) is 3. The van der Waals surface area contributed by atoms with Gasteiger partial charge in [0.2, 0.25) is 5.91 Å². The Hall–Kier alpha value is -0.320. The molecule has 0 saturated heterocycles. The van der Waals surface area contributed by atoms with Gasteiger partial charge in [0, 0.05) is 12.1 Å². The molecule has 0 radical (unpaired) electrons. The molecule has 0 aromatic carbocycles. The van der Waals surface area contributed by atoms with Crippen LogP contribution in [0, 0.1) is 0 Å². The van der Waals surface area contributed by atoms with Crippen molar-refractivity contribution in [2.75, 3.05) is 20.6 Å². The molecule has 0 unspecified atom stereocenters. The first-order chi connectivity index (χ1) is 7.78. The molecule has 1 aliphatic carbocycles. The standard InChI is InChI=1S/C13H27N3O.ClH/c1-12(2,14)11(17)15-10-13(16(3)4)8-6-5-7-9-13;/h5-10,14H2,1-4H3,(H,15,17);1H. The molecule has 0 atom stereocenters. The first-order valence-electron chi connectivity index (χ1n) is 6.53. The van der Waals surface area contributed by atoms with Gasteiger partial charge in [-0.05, 0) is 40.8 Å².